The van der Waals surface area contributed by atoms with Crippen molar-refractivity contribution >= 4 is 10.0 Å². The van der Waals surface area contributed by atoms with Crippen molar-refractivity contribution in [1.82, 2.24) is 4.72 Å². The Labute approximate surface area is 155 Å². The first kappa shape index (κ1) is 18.7. The van der Waals surface area contributed by atoms with Crippen molar-refractivity contribution in [3.8, 4) is 11.5 Å². The largest absolute Gasteiger partial charge is 0.486 e. The van der Waals surface area contributed by atoms with Gasteiger partial charge in [0, 0.05) is 6.54 Å². The van der Waals surface area contributed by atoms with Gasteiger partial charge in [-0.25, -0.2) is 13.1 Å². The molecule has 0 aliphatic carbocycles. The zero-order valence-electron chi connectivity index (χ0n) is 15.7. The summed E-state index contributed by atoms with van der Waals surface area (Å²) in [6, 6.07) is 7.75. The number of aryl methyl sites for hydroxylation is 2. The van der Waals surface area contributed by atoms with Crippen molar-refractivity contribution in [2.24, 2.45) is 0 Å². The van der Waals surface area contributed by atoms with E-state index in [1.54, 1.807) is 0 Å². The maximum absolute atomic E-state index is 12.8. The summed E-state index contributed by atoms with van der Waals surface area (Å²) in [7, 11) is -3.56. The normalized spacial score (nSPS) is 13.7. The van der Waals surface area contributed by atoms with Crippen molar-refractivity contribution in [2.75, 3.05) is 19.8 Å². The third-order valence-electron chi connectivity index (χ3n) is 4.88. The van der Waals surface area contributed by atoms with Crippen LogP contribution >= 0.6 is 0 Å². The van der Waals surface area contributed by atoms with E-state index < -0.39 is 10.0 Å². The fraction of sp³-hybridized carbons (Fsp3) is 0.400. The van der Waals surface area contributed by atoms with Crippen LogP contribution in [0.5, 0.6) is 11.5 Å². The number of hydrogen-bond donors (Lipinski definition) is 1. The lowest BCUT2D eigenvalue weighted by Crippen LogP contribution is -2.28. The minimum absolute atomic E-state index is 0.327. The molecule has 6 heteroatoms. The summed E-state index contributed by atoms with van der Waals surface area (Å²) in [5.74, 6) is 1.46. The topological polar surface area (TPSA) is 64.6 Å². The lowest BCUT2D eigenvalue weighted by molar-refractivity contribution is 0.171. The molecular formula is C20H25NO4S. The van der Waals surface area contributed by atoms with E-state index in [4.69, 9.17) is 9.47 Å². The molecule has 140 valence electrons. The average molecular weight is 375 g/mol. The van der Waals surface area contributed by atoms with Crippen LogP contribution in [0, 0.1) is 27.7 Å². The minimum atomic E-state index is -3.56. The van der Waals surface area contributed by atoms with Crippen molar-refractivity contribution in [2.45, 2.75) is 39.0 Å². The van der Waals surface area contributed by atoms with Crippen molar-refractivity contribution in [3.63, 3.8) is 0 Å². The van der Waals surface area contributed by atoms with Gasteiger partial charge in [0.2, 0.25) is 10.0 Å². The molecule has 0 saturated heterocycles. The Balaban J connectivity index is 1.74. The average Bonchev–Trinajstić information content (AvgIpc) is 2.60. The van der Waals surface area contributed by atoms with Gasteiger partial charge in [0.05, 0.1) is 4.90 Å². The summed E-state index contributed by atoms with van der Waals surface area (Å²) in [4.78, 5) is 0.400. The first-order chi connectivity index (χ1) is 12.3. The number of ether oxygens (including phenoxy) is 2. The highest BCUT2D eigenvalue weighted by atomic mass is 32.2. The van der Waals surface area contributed by atoms with E-state index in [1.807, 2.05) is 52.0 Å². The Bertz CT molecular complexity index is 909. The van der Waals surface area contributed by atoms with Gasteiger partial charge in [-0.15, -0.1) is 0 Å². The molecule has 2 aromatic carbocycles. The number of fused-ring (bicyclic) bond motifs is 1. The Morgan fingerprint density at radius 2 is 1.54 bits per heavy atom. The van der Waals surface area contributed by atoms with Gasteiger partial charge in [-0.1, -0.05) is 12.1 Å². The second kappa shape index (κ2) is 7.29. The summed E-state index contributed by atoms with van der Waals surface area (Å²) in [5, 5.41) is 0. The van der Waals surface area contributed by atoms with Crippen LogP contribution in [0.1, 0.15) is 27.8 Å². The van der Waals surface area contributed by atoms with E-state index in [-0.39, 0.29) is 0 Å². The summed E-state index contributed by atoms with van der Waals surface area (Å²) < 4.78 is 39.5. The van der Waals surface area contributed by atoms with E-state index in [0.717, 1.165) is 39.3 Å². The van der Waals surface area contributed by atoms with Crippen LogP contribution in [0.2, 0.25) is 0 Å². The zero-order valence-corrected chi connectivity index (χ0v) is 16.5. The van der Waals surface area contributed by atoms with Gasteiger partial charge in [0.15, 0.2) is 11.5 Å². The molecule has 0 atom stereocenters. The number of nitrogens with one attached hydrogen (secondary N) is 1. The highest BCUT2D eigenvalue weighted by Gasteiger charge is 2.21. The highest BCUT2D eigenvalue weighted by Crippen LogP contribution is 2.31. The fourth-order valence-electron chi connectivity index (χ4n) is 3.23. The van der Waals surface area contributed by atoms with Crippen molar-refractivity contribution in [1.29, 1.82) is 0 Å². The van der Waals surface area contributed by atoms with E-state index in [9.17, 15) is 8.42 Å². The number of rotatable bonds is 5. The van der Waals surface area contributed by atoms with Gasteiger partial charge in [0.25, 0.3) is 0 Å². The first-order valence-electron chi connectivity index (χ1n) is 8.75. The van der Waals surface area contributed by atoms with Gasteiger partial charge >= 0.3 is 0 Å². The van der Waals surface area contributed by atoms with E-state index >= 15 is 0 Å². The number of hydrogen-bond acceptors (Lipinski definition) is 4. The molecule has 1 heterocycles. The maximum atomic E-state index is 12.8. The zero-order chi connectivity index (χ0) is 18.9. The Kier molecular flexibility index (Phi) is 5.25. The summed E-state index contributed by atoms with van der Waals surface area (Å²) in [5.41, 5.74) is 4.59. The molecule has 0 unspecified atom stereocenters. The predicted octanol–water partition coefficient (Wildman–Crippen LogP) is 3.21. The standard InChI is InChI=1S/C20H25NO4S/c1-13-11-14(2)16(4)20(15(13)3)26(22,23)21-8-7-17-5-6-18-19(12-17)25-10-9-24-18/h5-6,11-12,21H,7-10H2,1-4H3. The molecule has 1 N–H and O–H groups in total. The molecule has 0 amide bonds. The Hall–Kier alpha value is -2.05. The number of sulfonamides is 1. The van der Waals surface area contributed by atoms with Gasteiger partial charge in [-0.2, -0.15) is 0 Å². The maximum Gasteiger partial charge on any atom is 0.241 e. The molecule has 1 aliphatic rings. The molecule has 5 nitrogen and oxygen atoms in total. The third-order valence-corrected chi connectivity index (χ3v) is 6.61. The van der Waals surface area contributed by atoms with Crippen molar-refractivity contribution < 1.29 is 17.9 Å². The molecule has 3 rings (SSSR count). The molecule has 0 spiro atoms. The molecule has 0 radical (unpaired) electrons. The third kappa shape index (κ3) is 3.71. The first-order valence-corrected chi connectivity index (χ1v) is 10.2. The quantitative estimate of drug-likeness (QED) is 0.872. The number of benzene rings is 2. The van der Waals surface area contributed by atoms with Gasteiger partial charge < -0.3 is 9.47 Å². The van der Waals surface area contributed by atoms with Gasteiger partial charge in [-0.3, -0.25) is 0 Å². The second-order valence-electron chi connectivity index (χ2n) is 6.72. The van der Waals surface area contributed by atoms with Crippen LogP contribution in [0.25, 0.3) is 0 Å². The van der Waals surface area contributed by atoms with Crippen LogP contribution in [-0.4, -0.2) is 28.2 Å². The molecule has 0 bridgehead atoms. The minimum Gasteiger partial charge on any atom is -0.486 e. The molecule has 0 fully saturated rings. The lowest BCUT2D eigenvalue weighted by atomic mass is 10.0. The molecule has 0 aromatic heterocycles. The van der Waals surface area contributed by atoms with Crippen LogP contribution in [0.4, 0.5) is 0 Å². The molecule has 26 heavy (non-hydrogen) atoms. The summed E-state index contributed by atoms with van der Waals surface area (Å²) >= 11 is 0. The van der Waals surface area contributed by atoms with E-state index in [0.29, 0.717) is 31.1 Å². The monoisotopic (exact) mass is 375 g/mol. The fourth-order valence-corrected chi connectivity index (χ4v) is 4.87. The van der Waals surface area contributed by atoms with Crippen molar-refractivity contribution in [3.05, 3.63) is 52.1 Å². The lowest BCUT2D eigenvalue weighted by Gasteiger charge is -2.19. The Morgan fingerprint density at radius 1 is 0.923 bits per heavy atom. The summed E-state index contributed by atoms with van der Waals surface area (Å²) in [6.07, 6.45) is 0.582. The van der Waals surface area contributed by atoms with Crippen LogP contribution in [-0.2, 0) is 16.4 Å². The molecule has 1 aliphatic heterocycles. The highest BCUT2D eigenvalue weighted by molar-refractivity contribution is 7.89. The van der Waals surface area contributed by atoms with Crippen LogP contribution in [0.3, 0.4) is 0 Å². The van der Waals surface area contributed by atoms with Gasteiger partial charge in [0.1, 0.15) is 13.2 Å². The molecular weight excluding hydrogens is 350 g/mol. The van der Waals surface area contributed by atoms with Crippen LogP contribution in [0.15, 0.2) is 29.2 Å². The predicted molar refractivity (Wildman–Crippen MR) is 102 cm³/mol. The van der Waals surface area contributed by atoms with E-state index in [1.165, 1.54) is 0 Å². The molecule has 0 saturated carbocycles. The van der Waals surface area contributed by atoms with Gasteiger partial charge in [-0.05, 0) is 74.1 Å². The van der Waals surface area contributed by atoms with E-state index in [2.05, 4.69) is 4.72 Å². The van der Waals surface area contributed by atoms with Crippen LogP contribution < -0.4 is 14.2 Å². The SMILES string of the molecule is Cc1cc(C)c(C)c(S(=O)(=O)NCCc2ccc3c(c2)OCCO3)c1C. The molecule has 2 aromatic rings. The Morgan fingerprint density at radius 3 is 2.19 bits per heavy atom. The second-order valence-corrected chi connectivity index (χ2v) is 8.42. The summed E-state index contributed by atoms with van der Waals surface area (Å²) in [6.45, 7) is 9.02. The smallest absolute Gasteiger partial charge is 0.241 e.